The van der Waals surface area contributed by atoms with E-state index in [0.717, 1.165) is 10.5 Å². The van der Waals surface area contributed by atoms with Gasteiger partial charge in [-0.2, -0.15) is 0 Å². The van der Waals surface area contributed by atoms with E-state index in [-0.39, 0.29) is 25.0 Å². The molecule has 7 nitrogen and oxygen atoms in total. The second kappa shape index (κ2) is 8.62. The van der Waals surface area contributed by atoms with Crippen molar-refractivity contribution >= 4 is 17.8 Å². The molecule has 0 aromatic heterocycles. The summed E-state index contributed by atoms with van der Waals surface area (Å²) in [6.45, 7) is 1.19. The van der Waals surface area contributed by atoms with E-state index in [0.29, 0.717) is 25.3 Å². The monoisotopic (exact) mass is 411 g/mol. The minimum absolute atomic E-state index is 0.0409. The standard InChI is InChI=1S/C22H22FN3O4/c23-17-8-4-5-15(11-17)13-26-21(28)18(24-22(26)29)12-20(27)25-9-10-30-19(14-25)16-6-2-1-3-7-16/h1-8,11,18-19H,9-10,12-14H2,(H,24,29)/t18-,19-/m1/s1. The van der Waals surface area contributed by atoms with Crippen LogP contribution in [0.2, 0.25) is 0 Å². The fourth-order valence-electron chi connectivity index (χ4n) is 3.73. The Morgan fingerprint density at radius 1 is 1.13 bits per heavy atom. The molecular formula is C22H22FN3O4. The van der Waals surface area contributed by atoms with Gasteiger partial charge in [0.1, 0.15) is 18.0 Å². The predicted octanol–water partition coefficient (Wildman–Crippen LogP) is 2.24. The van der Waals surface area contributed by atoms with Crippen LogP contribution in [0.4, 0.5) is 9.18 Å². The van der Waals surface area contributed by atoms with Crippen molar-refractivity contribution in [1.82, 2.24) is 15.1 Å². The van der Waals surface area contributed by atoms with Crippen molar-refractivity contribution < 1.29 is 23.5 Å². The van der Waals surface area contributed by atoms with Gasteiger partial charge in [-0.05, 0) is 23.3 Å². The number of carbonyl (C=O) groups is 3. The second-order valence-corrected chi connectivity index (χ2v) is 7.37. The number of amides is 4. The van der Waals surface area contributed by atoms with Crippen LogP contribution in [-0.4, -0.2) is 53.4 Å². The summed E-state index contributed by atoms with van der Waals surface area (Å²) >= 11 is 0. The number of halogens is 1. The number of urea groups is 1. The van der Waals surface area contributed by atoms with Crippen molar-refractivity contribution in [3.05, 3.63) is 71.5 Å². The van der Waals surface area contributed by atoms with Gasteiger partial charge in [0.2, 0.25) is 5.91 Å². The van der Waals surface area contributed by atoms with E-state index >= 15 is 0 Å². The zero-order valence-electron chi connectivity index (χ0n) is 16.3. The maximum atomic E-state index is 13.4. The third kappa shape index (κ3) is 4.33. The molecule has 2 saturated heterocycles. The highest BCUT2D eigenvalue weighted by atomic mass is 19.1. The van der Waals surface area contributed by atoms with E-state index in [4.69, 9.17) is 4.74 Å². The summed E-state index contributed by atoms with van der Waals surface area (Å²) in [5.74, 6) is -1.14. The molecule has 8 heteroatoms. The Labute approximate surface area is 173 Å². The molecule has 0 saturated carbocycles. The number of nitrogens with one attached hydrogen (secondary N) is 1. The van der Waals surface area contributed by atoms with Gasteiger partial charge in [-0.25, -0.2) is 9.18 Å². The Hall–Kier alpha value is -3.26. The van der Waals surface area contributed by atoms with E-state index in [9.17, 15) is 18.8 Å². The molecule has 2 aliphatic heterocycles. The fraction of sp³-hybridized carbons (Fsp3) is 0.318. The lowest BCUT2D eigenvalue weighted by Crippen LogP contribution is -2.45. The zero-order valence-corrected chi connectivity index (χ0v) is 16.3. The number of benzene rings is 2. The number of morpholine rings is 1. The zero-order chi connectivity index (χ0) is 21.1. The van der Waals surface area contributed by atoms with Gasteiger partial charge >= 0.3 is 6.03 Å². The Bertz CT molecular complexity index is 952. The molecule has 2 aromatic carbocycles. The topological polar surface area (TPSA) is 79.0 Å². The van der Waals surface area contributed by atoms with Gasteiger partial charge in [0.15, 0.2) is 0 Å². The van der Waals surface area contributed by atoms with Crippen LogP contribution in [0.5, 0.6) is 0 Å². The van der Waals surface area contributed by atoms with E-state index in [1.807, 2.05) is 30.3 Å². The quantitative estimate of drug-likeness (QED) is 0.766. The van der Waals surface area contributed by atoms with Gasteiger partial charge in [0.05, 0.1) is 26.1 Å². The van der Waals surface area contributed by atoms with Gasteiger partial charge in [-0.1, -0.05) is 42.5 Å². The minimum atomic E-state index is -0.920. The van der Waals surface area contributed by atoms with Gasteiger partial charge in [-0.15, -0.1) is 0 Å². The summed E-state index contributed by atoms with van der Waals surface area (Å²) in [4.78, 5) is 40.4. The summed E-state index contributed by atoms with van der Waals surface area (Å²) in [5, 5.41) is 2.57. The first-order chi connectivity index (χ1) is 14.5. The maximum absolute atomic E-state index is 13.4. The number of nitrogens with zero attached hydrogens (tertiary/aromatic N) is 2. The lowest BCUT2D eigenvalue weighted by Gasteiger charge is -2.33. The molecule has 156 valence electrons. The molecule has 0 radical (unpaired) electrons. The number of hydrogen-bond acceptors (Lipinski definition) is 4. The van der Waals surface area contributed by atoms with E-state index in [1.54, 1.807) is 11.0 Å². The Morgan fingerprint density at radius 2 is 1.93 bits per heavy atom. The molecule has 0 aliphatic carbocycles. The van der Waals surface area contributed by atoms with Crippen LogP contribution in [0.1, 0.15) is 23.7 Å². The van der Waals surface area contributed by atoms with E-state index < -0.39 is 23.8 Å². The molecule has 0 unspecified atom stereocenters. The summed E-state index contributed by atoms with van der Waals surface area (Å²) < 4.78 is 19.2. The highest BCUT2D eigenvalue weighted by Gasteiger charge is 2.40. The first-order valence-electron chi connectivity index (χ1n) is 9.82. The van der Waals surface area contributed by atoms with Crippen LogP contribution in [0.15, 0.2) is 54.6 Å². The third-order valence-corrected chi connectivity index (χ3v) is 5.31. The van der Waals surface area contributed by atoms with E-state index in [1.165, 1.54) is 18.2 Å². The molecule has 2 fully saturated rings. The number of hydrogen-bond donors (Lipinski definition) is 1. The molecule has 2 aromatic rings. The van der Waals surface area contributed by atoms with Crippen molar-refractivity contribution in [2.75, 3.05) is 19.7 Å². The van der Waals surface area contributed by atoms with Gasteiger partial charge < -0.3 is 15.0 Å². The largest absolute Gasteiger partial charge is 0.370 e. The third-order valence-electron chi connectivity index (χ3n) is 5.31. The smallest absolute Gasteiger partial charge is 0.325 e. The van der Waals surface area contributed by atoms with Gasteiger partial charge in [0.25, 0.3) is 5.91 Å². The highest BCUT2D eigenvalue weighted by Crippen LogP contribution is 2.23. The molecule has 4 rings (SSSR count). The maximum Gasteiger partial charge on any atom is 0.325 e. The molecule has 4 amide bonds. The van der Waals surface area contributed by atoms with Crippen molar-refractivity contribution in [2.24, 2.45) is 0 Å². The van der Waals surface area contributed by atoms with Gasteiger partial charge in [-0.3, -0.25) is 14.5 Å². The fourth-order valence-corrected chi connectivity index (χ4v) is 3.73. The summed E-state index contributed by atoms with van der Waals surface area (Å²) in [5.41, 5.74) is 1.49. The molecule has 0 spiro atoms. The van der Waals surface area contributed by atoms with Crippen LogP contribution in [0.25, 0.3) is 0 Å². The predicted molar refractivity (Wildman–Crippen MR) is 106 cm³/mol. The van der Waals surface area contributed by atoms with Crippen molar-refractivity contribution in [2.45, 2.75) is 25.1 Å². The molecule has 0 bridgehead atoms. The summed E-state index contributed by atoms with van der Waals surface area (Å²) in [6, 6.07) is 13.9. The molecule has 2 atom stereocenters. The normalized spacial score (nSPS) is 21.6. The lowest BCUT2D eigenvalue weighted by molar-refractivity contribution is -0.141. The molecule has 1 N–H and O–H groups in total. The first kappa shape index (κ1) is 20.0. The average Bonchev–Trinajstić information content (AvgIpc) is 3.02. The number of imide groups is 1. The van der Waals surface area contributed by atoms with Crippen LogP contribution < -0.4 is 5.32 Å². The average molecular weight is 411 g/mol. The van der Waals surface area contributed by atoms with Gasteiger partial charge in [0, 0.05) is 6.54 Å². The lowest BCUT2D eigenvalue weighted by atomic mass is 10.1. The van der Waals surface area contributed by atoms with E-state index in [2.05, 4.69) is 5.32 Å². The van der Waals surface area contributed by atoms with Crippen molar-refractivity contribution in [1.29, 1.82) is 0 Å². The van der Waals surface area contributed by atoms with Crippen molar-refractivity contribution in [3.8, 4) is 0 Å². The molecular weight excluding hydrogens is 389 g/mol. The Morgan fingerprint density at radius 3 is 2.70 bits per heavy atom. The first-order valence-corrected chi connectivity index (χ1v) is 9.82. The molecule has 2 heterocycles. The Balaban J connectivity index is 1.37. The SMILES string of the molecule is O=C(C[C@H]1NC(=O)N(Cc2cccc(F)c2)C1=O)N1CCO[C@@H](c2ccccc2)C1. The summed E-state index contributed by atoms with van der Waals surface area (Å²) in [6.07, 6.45) is -0.339. The van der Waals surface area contributed by atoms with Crippen LogP contribution in [0, 0.1) is 5.82 Å². The van der Waals surface area contributed by atoms with Crippen LogP contribution in [-0.2, 0) is 20.9 Å². The number of carbonyl (C=O) groups excluding carboxylic acids is 3. The number of rotatable bonds is 5. The number of ether oxygens (including phenoxy) is 1. The summed E-state index contributed by atoms with van der Waals surface area (Å²) in [7, 11) is 0. The van der Waals surface area contributed by atoms with Crippen LogP contribution in [0.3, 0.4) is 0 Å². The Kier molecular flexibility index (Phi) is 5.76. The minimum Gasteiger partial charge on any atom is -0.370 e. The molecule has 2 aliphatic rings. The van der Waals surface area contributed by atoms with Crippen LogP contribution >= 0.6 is 0 Å². The second-order valence-electron chi connectivity index (χ2n) is 7.37. The highest BCUT2D eigenvalue weighted by molar-refractivity contribution is 6.05. The molecule has 30 heavy (non-hydrogen) atoms. The van der Waals surface area contributed by atoms with Crippen molar-refractivity contribution in [3.63, 3.8) is 0 Å².